The fraction of sp³-hybridized carbons (Fsp3) is 0.833. The molecule has 0 unspecified atom stereocenters. The van der Waals surface area contributed by atoms with Gasteiger partial charge in [-0.1, -0.05) is 19.8 Å². The first kappa shape index (κ1) is 16.0. The van der Waals surface area contributed by atoms with E-state index in [9.17, 15) is 4.79 Å². The molecule has 1 fully saturated rings. The van der Waals surface area contributed by atoms with Gasteiger partial charge in [0.25, 0.3) is 5.91 Å². The second kappa shape index (κ2) is 7.50. The van der Waals surface area contributed by atoms with Crippen molar-refractivity contribution in [1.29, 1.82) is 0 Å². The van der Waals surface area contributed by atoms with Crippen molar-refractivity contribution < 1.29 is 23.4 Å². The molecule has 108 valence electrons. The highest BCUT2D eigenvalue weighted by Crippen LogP contribution is 2.22. The summed E-state index contributed by atoms with van der Waals surface area (Å²) in [7, 11) is 6.70. The molecule has 0 bridgehead atoms. The van der Waals surface area contributed by atoms with Crippen LogP contribution in [0, 0.1) is 0 Å². The first-order valence-electron chi connectivity index (χ1n) is 6.63. The van der Waals surface area contributed by atoms with Crippen molar-refractivity contribution in [3.63, 3.8) is 0 Å². The van der Waals surface area contributed by atoms with E-state index in [1.54, 1.807) is 18.7 Å². The molecule has 1 rings (SSSR count). The van der Waals surface area contributed by atoms with E-state index < -0.39 is 12.4 Å². The SMILES string of the molecule is CCCCB1O[C@H](OC=[N+](C)C)[C@@H](C(=O)N(C)C)O1. The number of hydrogen-bond acceptors (Lipinski definition) is 4. The highest BCUT2D eigenvalue weighted by molar-refractivity contribution is 6.45. The lowest BCUT2D eigenvalue weighted by Gasteiger charge is -2.19. The van der Waals surface area contributed by atoms with E-state index >= 15 is 0 Å². The van der Waals surface area contributed by atoms with E-state index in [0.29, 0.717) is 0 Å². The Morgan fingerprint density at radius 2 is 2.11 bits per heavy atom. The van der Waals surface area contributed by atoms with E-state index in [2.05, 4.69) is 6.92 Å². The van der Waals surface area contributed by atoms with E-state index in [0.717, 1.165) is 19.2 Å². The van der Waals surface area contributed by atoms with Crippen molar-refractivity contribution in [2.75, 3.05) is 28.2 Å². The predicted molar refractivity (Wildman–Crippen MR) is 73.2 cm³/mol. The summed E-state index contributed by atoms with van der Waals surface area (Å²) in [5.74, 6) is -0.142. The molecule has 0 aromatic carbocycles. The van der Waals surface area contributed by atoms with Crippen LogP contribution in [-0.2, 0) is 18.8 Å². The van der Waals surface area contributed by atoms with Gasteiger partial charge in [-0.2, -0.15) is 0 Å². The summed E-state index contributed by atoms with van der Waals surface area (Å²) in [5.41, 5.74) is 0. The van der Waals surface area contributed by atoms with Crippen LogP contribution in [0.2, 0.25) is 6.32 Å². The summed E-state index contributed by atoms with van der Waals surface area (Å²) in [5, 5.41) is 0. The highest BCUT2D eigenvalue weighted by Gasteiger charge is 2.45. The van der Waals surface area contributed by atoms with Gasteiger partial charge in [0.05, 0.1) is 0 Å². The molecule has 1 amide bonds. The fourth-order valence-corrected chi connectivity index (χ4v) is 1.70. The van der Waals surface area contributed by atoms with Crippen LogP contribution in [0.1, 0.15) is 19.8 Å². The normalized spacial score (nSPS) is 22.3. The number of nitrogens with zero attached hydrogens (tertiary/aromatic N) is 2. The Morgan fingerprint density at radius 3 is 2.63 bits per heavy atom. The first-order chi connectivity index (χ1) is 8.95. The Hall–Kier alpha value is -1.08. The zero-order valence-corrected chi connectivity index (χ0v) is 12.5. The molecule has 6 nitrogen and oxygen atoms in total. The molecule has 0 saturated carbocycles. The van der Waals surface area contributed by atoms with Gasteiger partial charge in [-0.25, -0.2) is 4.58 Å². The van der Waals surface area contributed by atoms with Crippen LogP contribution >= 0.6 is 0 Å². The molecule has 1 heterocycles. The minimum atomic E-state index is -0.701. The van der Waals surface area contributed by atoms with Crippen molar-refractivity contribution >= 4 is 19.4 Å². The molecule has 1 saturated heterocycles. The maximum Gasteiger partial charge on any atom is 0.460 e. The zero-order chi connectivity index (χ0) is 14.4. The molecule has 19 heavy (non-hydrogen) atoms. The lowest BCUT2D eigenvalue weighted by molar-refractivity contribution is -0.470. The van der Waals surface area contributed by atoms with Crippen LogP contribution in [-0.4, -0.2) is 69.5 Å². The average molecular weight is 271 g/mol. The van der Waals surface area contributed by atoms with Gasteiger partial charge in [0, 0.05) is 14.1 Å². The molecule has 1 aliphatic rings. The lowest BCUT2D eigenvalue weighted by Crippen LogP contribution is -2.41. The minimum Gasteiger partial charge on any atom is -0.418 e. The van der Waals surface area contributed by atoms with Crippen LogP contribution in [0.4, 0.5) is 0 Å². The summed E-state index contributed by atoms with van der Waals surface area (Å²) in [6.07, 6.45) is 2.97. The maximum atomic E-state index is 12.0. The highest BCUT2D eigenvalue weighted by atomic mass is 16.8. The van der Waals surface area contributed by atoms with Crippen LogP contribution in [0.3, 0.4) is 0 Å². The Kier molecular flexibility index (Phi) is 6.31. The smallest absolute Gasteiger partial charge is 0.418 e. The Bertz CT molecular complexity index is 332. The van der Waals surface area contributed by atoms with E-state index in [-0.39, 0.29) is 13.0 Å². The number of ether oxygens (including phenoxy) is 1. The molecule has 0 aromatic rings. The summed E-state index contributed by atoms with van der Waals surface area (Å²) in [4.78, 5) is 13.5. The van der Waals surface area contributed by atoms with Gasteiger partial charge >= 0.3 is 13.5 Å². The van der Waals surface area contributed by atoms with Crippen LogP contribution in [0.5, 0.6) is 0 Å². The number of amides is 1. The van der Waals surface area contributed by atoms with Gasteiger partial charge in [0.15, 0.2) is 6.10 Å². The molecule has 1 aliphatic heterocycles. The molecule has 0 spiro atoms. The molecular weight excluding hydrogens is 247 g/mol. The van der Waals surface area contributed by atoms with Gasteiger partial charge in [0.1, 0.15) is 14.1 Å². The summed E-state index contributed by atoms with van der Waals surface area (Å²) < 4.78 is 18.5. The zero-order valence-electron chi connectivity index (χ0n) is 12.5. The third-order valence-electron chi connectivity index (χ3n) is 2.71. The van der Waals surface area contributed by atoms with Crippen molar-refractivity contribution in [3.05, 3.63) is 0 Å². The second-order valence-corrected chi connectivity index (χ2v) is 5.07. The van der Waals surface area contributed by atoms with E-state index in [1.807, 2.05) is 14.1 Å². The van der Waals surface area contributed by atoms with Gasteiger partial charge in [-0.3, -0.25) is 4.79 Å². The minimum absolute atomic E-state index is 0.142. The Balaban J connectivity index is 2.67. The van der Waals surface area contributed by atoms with Gasteiger partial charge < -0.3 is 18.9 Å². The topological polar surface area (TPSA) is 51.0 Å². The first-order valence-corrected chi connectivity index (χ1v) is 6.63. The number of hydrogen-bond donors (Lipinski definition) is 0. The van der Waals surface area contributed by atoms with Crippen molar-refractivity contribution in [2.45, 2.75) is 38.5 Å². The number of likely N-dealkylation sites (N-methyl/N-ethyl adjacent to an activating group) is 1. The maximum absolute atomic E-state index is 12.0. The third kappa shape index (κ3) is 4.83. The standard InChI is InChI=1S/C12H24BN2O4/c1-6-7-8-13-18-10(11(16)15(4)5)12(19-13)17-9-14(2)3/h9-10,12H,6-8H2,1-5H3/q+1/t10-,12+/m1/s1. The second-order valence-electron chi connectivity index (χ2n) is 5.07. The number of rotatable bonds is 6. The fourth-order valence-electron chi connectivity index (χ4n) is 1.70. The van der Waals surface area contributed by atoms with Gasteiger partial charge in [0.2, 0.25) is 6.29 Å². The van der Waals surface area contributed by atoms with Crippen LogP contribution in [0.15, 0.2) is 0 Å². The summed E-state index contributed by atoms with van der Waals surface area (Å²) in [6, 6.07) is 0. The molecular formula is C12H24BN2O4+. The van der Waals surface area contributed by atoms with Gasteiger partial charge in [-0.15, -0.1) is 0 Å². The monoisotopic (exact) mass is 271 g/mol. The summed E-state index contributed by atoms with van der Waals surface area (Å²) >= 11 is 0. The summed E-state index contributed by atoms with van der Waals surface area (Å²) in [6.45, 7) is 2.10. The van der Waals surface area contributed by atoms with Crippen molar-refractivity contribution in [3.8, 4) is 0 Å². The van der Waals surface area contributed by atoms with Crippen LogP contribution < -0.4 is 0 Å². The van der Waals surface area contributed by atoms with Crippen molar-refractivity contribution in [2.24, 2.45) is 0 Å². The molecule has 0 N–H and O–H groups in total. The largest absolute Gasteiger partial charge is 0.460 e. The predicted octanol–water partition coefficient (Wildman–Crippen LogP) is 0.421. The quantitative estimate of drug-likeness (QED) is 0.304. The number of unbranched alkanes of at least 4 members (excludes halogenated alkanes) is 1. The van der Waals surface area contributed by atoms with Gasteiger partial charge in [-0.05, 0) is 6.32 Å². The molecule has 0 aromatic heterocycles. The van der Waals surface area contributed by atoms with E-state index in [4.69, 9.17) is 14.0 Å². The number of carbonyl (C=O) groups excluding carboxylic acids is 1. The van der Waals surface area contributed by atoms with E-state index in [1.165, 1.54) is 11.3 Å². The molecule has 7 heteroatoms. The Labute approximate surface area is 115 Å². The Morgan fingerprint density at radius 1 is 1.42 bits per heavy atom. The van der Waals surface area contributed by atoms with Crippen molar-refractivity contribution in [1.82, 2.24) is 4.90 Å². The third-order valence-corrected chi connectivity index (χ3v) is 2.71. The lowest BCUT2D eigenvalue weighted by atomic mass is 9.83. The molecule has 0 radical (unpaired) electrons. The molecule has 0 aliphatic carbocycles. The number of carbonyl (C=O) groups is 1. The van der Waals surface area contributed by atoms with Crippen LogP contribution in [0.25, 0.3) is 0 Å². The molecule has 2 atom stereocenters. The average Bonchev–Trinajstić information content (AvgIpc) is 2.75.